The van der Waals surface area contributed by atoms with Crippen molar-refractivity contribution < 1.29 is 4.74 Å². The third-order valence-electron chi connectivity index (χ3n) is 7.54. The van der Waals surface area contributed by atoms with E-state index in [0.717, 1.165) is 18.2 Å². The van der Waals surface area contributed by atoms with Crippen molar-refractivity contribution in [3.63, 3.8) is 0 Å². The van der Waals surface area contributed by atoms with Crippen molar-refractivity contribution in [2.75, 3.05) is 13.1 Å². The van der Waals surface area contributed by atoms with Crippen LogP contribution in [0.5, 0.6) is 5.75 Å². The number of benzene rings is 2. The average molecular weight is 374 g/mol. The minimum Gasteiger partial charge on any atom is -0.489 e. The highest BCUT2D eigenvalue weighted by Gasteiger charge is 2.53. The summed E-state index contributed by atoms with van der Waals surface area (Å²) < 4.78 is 6.21. The van der Waals surface area contributed by atoms with E-state index >= 15 is 0 Å². The van der Waals surface area contributed by atoms with Crippen LogP contribution >= 0.6 is 0 Å². The van der Waals surface area contributed by atoms with Gasteiger partial charge in [-0.15, -0.1) is 6.58 Å². The summed E-state index contributed by atoms with van der Waals surface area (Å²) in [7, 11) is 0. The van der Waals surface area contributed by atoms with Gasteiger partial charge in [-0.2, -0.15) is 0 Å². The van der Waals surface area contributed by atoms with Gasteiger partial charge in [-0.05, 0) is 67.0 Å². The summed E-state index contributed by atoms with van der Waals surface area (Å²) in [5.41, 5.74) is 4.77. The molecule has 2 aliphatic carbocycles. The van der Waals surface area contributed by atoms with Crippen molar-refractivity contribution in [2.24, 2.45) is 5.92 Å². The molecule has 3 aliphatic rings. The van der Waals surface area contributed by atoms with Crippen molar-refractivity contribution >= 4 is 0 Å². The van der Waals surface area contributed by atoms with Crippen LogP contribution < -0.4 is 4.74 Å². The molecule has 0 spiro atoms. The van der Waals surface area contributed by atoms with Crippen LogP contribution in [0.3, 0.4) is 0 Å². The maximum Gasteiger partial charge on any atom is 0.120 e. The molecule has 0 amide bonds. The largest absolute Gasteiger partial charge is 0.489 e. The third kappa shape index (κ3) is 2.99. The average Bonchev–Trinajstić information content (AvgIpc) is 2.75. The Hall–Kier alpha value is -2.06. The maximum absolute atomic E-state index is 6.21. The van der Waals surface area contributed by atoms with E-state index in [-0.39, 0.29) is 0 Å². The van der Waals surface area contributed by atoms with E-state index in [0.29, 0.717) is 18.1 Å². The number of fused-ring (bicyclic) bond motifs is 1. The molecule has 2 heteroatoms. The van der Waals surface area contributed by atoms with Gasteiger partial charge in [0.2, 0.25) is 0 Å². The Bertz CT molecular complexity index is 845. The van der Waals surface area contributed by atoms with Crippen LogP contribution in [-0.4, -0.2) is 24.0 Å². The second-order valence-corrected chi connectivity index (χ2v) is 8.91. The second-order valence-electron chi connectivity index (χ2n) is 8.91. The van der Waals surface area contributed by atoms with Crippen LogP contribution in [0.15, 0.2) is 61.2 Å². The van der Waals surface area contributed by atoms with Gasteiger partial charge in [0.1, 0.15) is 12.4 Å². The van der Waals surface area contributed by atoms with Crippen molar-refractivity contribution in [1.29, 1.82) is 0 Å². The molecule has 1 saturated heterocycles. The molecule has 28 heavy (non-hydrogen) atoms. The molecule has 2 fully saturated rings. The van der Waals surface area contributed by atoms with Gasteiger partial charge < -0.3 is 4.74 Å². The quantitative estimate of drug-likeness (QED) is 0.641. The van der Waals surface area contributed by atoms with Gasteiger partial charge in [-0.1, -0.05) is 55.3 Å². The van der Waals surface area contributed by atoms with E-state index in [1.165, 1.54) is 50.6 Å². The Balaban J connectivity index is 1.46. The Morgan fingerprint density at radius 2 is 2.00 bits per heavy atom. The molecule has 0 N–H and O–H groups in total. The van der Waals surface area contributed by atoms with E-state index < -0.39 is 0 Å². The van der Waals surface area contributed by atoms with Crippen LogP contribution in [-0.2, 0) is 18.4 Å². The first-order valence-electron chi connectivity index (χ1n) is 11.0. The number of nitrogens with zero attached hydrogens (tertiary/aromatic N) is 1. The molecule has 3 unspecified atom stereocenters. The highest BCUT2D eigenvalue weighted by atomic mass is 16.5. The molecule has 1 aliphatic heterocycles. The Morgan fingerprint density at radius 1 is 1.11 bits per heavy atom. The minimum atomic E-state index is 0.375. The maximum atomic E-state index is 6.21. The number of hydrogen-bond acceptors (Lipinski definition) is 2. The summed E-state index contributed by atoms with van der Waals surface area (Å²) in [5, 5.41) is 0. The van der Waals surface area contributed by atoms with Crippen molar-refractivity contribution in [3.8, 4) is 5.75 Å². The smallest absolute Gasteiger partial charge is 0.120 e. The standard InChI is InChI=1S/C26H31NO/c1-2-15-27-16-14-26-13-7-6-10-23(26)25(27)17-21-11-12-22(18-24(21)26)28-19-20-8-4-3-5-9-20/h2-5,8-9,11-12,18,23,25H,1,6-7,10,13-17,19H2. The van der Waals surface area contributed by atoms with Crippen molar-refractivity contribution in [3.05, 3.63) is 77.9 Å². The summed E-state index contributed by atoms with van der Waals surface area (Å²) in [4.78, 5) is 2.70. The zero-order chi connectivity index (χ0) is 19.0. The molecular weight excluding hydrogens is 342 g/mol. The van der Waals surface area contributed by atoms with Gasteiger partial charge >= 0.3 is 0 Å². The molecule has 1 saturated carbocycles. The summed E-state index contributed by atoms with van der Waals surface area (Å²) >= 11 is 0. The minimum absolute atomic E-state index is 0.375. The highest BCUT2D eigenvalue weighted by Crippen LogP contribution is 2.56. The molecule has 1 heterocycles. The van der Waals surface area contributed by atoms with Gasteiger partial charge in [0.05, 0.1) is 0 Å². The van der Waals surface area contributed by atoms with Gasteiger partial charge in [0.15, 0.2) is 0 Å². The number of likely N-dealkylation sites (tertiary alicyclic amines) is 1. The molecular formula is C26H31NO. The molecule has 3 atom stereocenters. The highest BCUT2D eigenvalue weighted by molar-refractivity contribution is 5.45. The van der Waals surface area contributed by atoms with Gasteiger partial charge in [0.25, 0.3) is 0 Å². The van der Waals surface area contributed by atoms with Crippen LogP contribution in [0.1, 0.15) is 48.8 Å². The lowest BCUT2D eigenvalue weighted by atomic mass is 9.52. The number of rotatable bonds is 5. The summed E-state index contributed by atoms with van der Waals surface area (Å²) in [6.45, 7) is 6.89. The first kappa shape index (κ1) is 18.0. The topological polar surface area (TPSA) is 12.5 Å². The number of piperidine rings is 1. The molecule has 5 rings (SSSR count). The lowest BCUT2D eigenvalue weighted by Gasteiger charge is -2.59. The van der Waals surface area contributed by atoms with E-state index in [1.807, 2.05) is 0 Å². The molecule has 0 aromatic heterocycles. The predicted molar refractivity (Wildman–Crippen MR) is 115 cm³/mol. The zero-order valence-electron chi connectivity index (χ0n) is 16.8. The fourth-order valence-electron chi connectivity index (χ4n) is 6.29. The third-order valence-corrected chi connectivity index (χ3v) is 7.54. The van der Waals surface area contributed by atoms with E-state index in [2.05, 4.69) is 66.1 Å². The molecule has 146 valence electrons. The SMILES string of the molecule is C=CCN1CCC23CCCCC2C1Cc1ccc(OCc2ccccc2)cc13. The van der Waals surface area contributed by atoms with Crippen LogP contribution in [0.2, 0.25) is 0 Å². The Morgan fingerprint density at radius 3 is 2.86 bits per heavy atom. The van der Waals surface area contributed by atoms with Gasteiger partial charge in [-0.25, -0.2) is 0 Å². The molecule has 0 radical (unpaired) electrons. The number of hydrogen-bond donors (Lipinski definition) is 0. The molecule has 2 aromatic rings. The lowest BCUT2D eigenvalue weighted by molar-refractivity contribution is -0.00521. The zero-order valence-corrected chi connectivity index (χ0v) is 16.8. The summed E-state index contributed by atoms with van der Waals surface area (Å²) in [6.07, 6.45) is 10.1. The normalized spacial score (nSPS) is 28.9. The molecule has 2 bridgehead atoms. The fourth-order valence-corrected chi connectivity index (χ4v) is 6.29. The van der Waals surface area contributed by atoms with Crippen LogP contribution in [0.4, 0.5) is 0 Å². The van der Waals surface area contributed by atoms with E-state index in [9.17, 15) is 0 Å². The summed E-state index contributed by atoms with van der Waals surface area (Å²) in [5.74, 6) is 1.83. The first-order chi connectivity index (χ1) is 13.8. The lowest BCUT2D eigenvalue weighted by Crippen LogP contribution is -2.60. The van der Waals surface area contributed by atoms with Crippen molar-refractivity contribution in [2.45, 2.75) is 56.6 Å². The Labute approximate surface area is 169 Å². The molecule has 2 aromatic carbocycles. The van der Waals surface area contributed by atoms with Gasteiger partial charge in [0, 0.05) is 18.0 Å². The predicted octanol–water partition coefficient (Wildman–Crippen LogP) is 5.51. The van der Waals surface area contributed by atoms with Crippen molar-refractivity contribution in [1.82, 2.24) is 4.90 Å². The first-order valence-corrected chi connectivity index (χ1v) is 11.0. The van der Waals surface area contributed by atoms with E-state index in [1.54, 1.807) is 11.1 Å². The van der Waals surface area contributed by atoms with E-state index in [4.69, 9.17) is 4.74 Å². The van der Waals surface area contributed by atoms with Crippen LogP contribution in [0.25, 0.3) is 0 Å². The number of ether oxygens (including phenoxy) is 1. The summed E-state index contributed by atoms with van der Waals surface area (Å²) in [6, 6.07) is 18.1. The monoisotopic (exact) mass is 373 g/mol. The fraction of sp³-hybridized carbons (Fsp3) is 0.462. The van der Waals surface area contributed by atoms with Gasteiger partial charge in [-0.3, -0.25) is 4.90 Å². The van der Waals surface area contributed by atoms with Crippen LogP contribution in [0, 0.1) is 5.92 Å². The molecule has 2 nitrogen and oxygen atoms in total. The Kier molecular flexibility index (Phi) is 4.76. The second kappa shape index (κ2) is 7.40.